The van der Waals surface area contributed by atoms with Crippen LogP contribution < -0.4 is 5.32 Å². The van der Waals surface area contributed by atoms with E-state index in [4.69, 9.17) is 11.6 Å². The van der Waals surface area contributed by atoms with E-state index >= 15 is 0 Å². The molecule has 0 radical (unpaired) electrons. The molecule has 1 atom stereocenters. The zero-order valence-corrected chi connectivity index (χ0v) is 15.9. The first kappa shape index (κ1) is 19.9. The van der Waals surface area contributed by atoms with E-state index in [9.17, 15) is 18.0 Å². The number of rotatable bonds is 2. The molecule has 3 nitrogen and oxygen atoms in total. The maximum Gasteiger partial charge on any atom is 0.416 e. The normalized spacial score (nSPS) is 18.1. The molecule has 1 aliphatic rings. The van der Waals surface area contributed by atoms with Gasteiger partial charge in [0.15, 0.2) is 0 Å². The Morgan fingerprint density at radius 1 is 1.11 bits per heavy atom. The van der Waals surface area contributed by atoms with Crippen LogP contribution in [0.25, 0.3) is 0 Å². The fourth-order valence-electron chi connectivity index (χ4n) is 2.90. The number of amides is 2. The molecule has 1 fully saturated rings. The van der Waals surface area contributed by atoms with Gasteiger partial charge < -0.3 is 10.2 Å². The molecule has 0 saturated carbocycles. The minimum Gasteiger partial charge on any atom is -0.324 e. The second-order valence-corrected chi connectivity index (χ2v) is 7.88. The lowest BCUT2D eigenvalue weighted by molar-refractivity contribution is -0.137. The zero-order valence-electron chi connectivity index (χ0n) is 14.3. The number of nitrogens with one attached hydrogen (secondary N) is 1. The van der Waals surface area contributed by atoms with Crippen LogP contribution in [0.5, 0.6) is 0 Å². The average molecular weight is 415 g/mol. The van der Waals surface area contributed by atoms with Gasteiger partial charge in [0.2, 0.25) is 0 Å². The Bertz CT molecular complexity index is 798. The summed E-state index contributed by atoms with van der Waals surface area (Å²) < 4.78 is 37.8. The van der Waals surface area contributed by atoms with Crippen molar-refractivity contribution in [1.29, 1.82) is 0 Å². The Kier molecular flexibility index (Phi) is 6.22. The van der Waals surface area contributed by atoms with Crippen LogP contribution in [0.1, 0.15) is 22.8 Å². The summed E-state index contributed by atoms with van der Waals surface area (Å²) in [4.78, 5) is 14.2. The van der Waals surface area contributed by atoms with Gasteiger partial charge >= 0.3 is 12.2 Å². The second kappa shape index (κ2) is 8.44. The van der Waals surface area contributed by atoms with Crippen LogP contribution in [0.4, 0.5) is 23.7 Å². The summed E-state index contributed by atoms with van der Waals surface area (Å²) in [6.45, 7) is 1.12. The summed E-state index contributed by atoms with van der Waals surface area (Å²) in [5, 5.41) is 3.60. The fraction of sp³-hybridized carbons (Fsp3) is 0.316. The van der Waals surface area contributed by atoms with E-state index in [-0.39, 0.29) is 11.3 Å². The first-order valence-corrected chi connectivity index (χ1v) is 9.86. The third-order valence-electron chi connectivity index (χ3n) is 4.34. The highest BCUT2D eigenvalue weighted by atomic mass is 35.5. The minimum atomic E-state index is -4.39. The van der Waals surface area contributed by atoms with Crippen molar-refractivity contribution in [2.75, 3.05) is 24.2 Å². The molecule has 1 saturated heterocycles. The van der Waals surface area contributed by atoms with Crippen molar-refractivity contribution in [3.63, 3.8) is 0 Å². The Hall–Kier alpha value is -1.86. The van der Waals surface area contributed by atoms with E-state index in [2.05, 4.69) is 5.32 Å². The van der Waals surface area contributed by atoms with Crippen LogP contribution in [-0.2, 0) is 6.18 Å². The molecule has 0 bridgehead atoms. The first-order chi connectivity index (χ1) is 12.8. The van der Waals surface area contributed by atoms with Gasteiger partial charge in [0.1, 0.15) is 0 Å². The molecule has 8 heteroatoms. The van der Waals surface area contributed by atoms with Crippen LogP contribution in [-0.4, -0.2) is 29.8 Å². The molecule has 0 aromatic heterocycles. The molecular weight excluding hydrogens is 397 g/mol. The van der Waals surface area contributed by atoms with Gasteiger partial charge in [-0.15, -0.1) is 0 Å². The number of alkyl halides is 3. The second-order valence-electron chi connectivity index (χ2n) is 6.16. The summed E-state index contributed by atoms with van der Waals surface area (Å²) in [7, 11) is 0. The number of urea groups is 1. The summed E-state index contributed by atoms with van der Waals surface area (Å²) in [6, 6.07) is 11.8. The lowest BCUT2D eigenvalue weighted by Gasteiger charge is -2.21. The molecule has 1 N–H and O–H groups in total. The molecule has 1 aliphatic heterocycles. The van der Waals surface area contributed by atoms with E-state index in [0.29, 0.717) is 18.8 Å². The van der Waals surface area contributed by atoms with E-state index in [0.717, 1.165) is 34.9 Å². The minimum absolute atomic E-state index is 0.211. The van der Waals surface area contributed by atoms with Gasteiger partial charge in [0.05, 0.1) is 5.56 Å². The number of carbonyl (C=O) groups is 1. The highest BCUT2D eigenvalue weighted by Crippen LogP contribution is 2.38. The number of thioether (sulfide) groups is 1. The van der Waals surface area contributed by atoms with Gasteiger partial charge in [-0.3, -0.25) is 0 Å². The summed E-state index contributed by atoms with van der Waals surface area (Å²) >= 11 is 8.03. The molecule has 1 unspecified atom stereocenters. The molecule has 27 heavy (non-hydrogen) atoms. The zero-order chi connectivity index (χ0) is 19.4. The number of hydrogen-bond acceptors (Lipinski definition) is 2. The van der Waals surface area contributed by atoms with Gasteiger partial charge in [0, 0.05) is 34.8 Å². The number of carbonyl (C=O) groups excluding carboxylic acids is 1. The van der Waals surface area contributed by atoms with E-state index in [1.165, 1.54) is 12.1 Å². The van der Waals surface area contributed by atoms with E-state index < -0.39 is 11.7 Å². The van der Waals surface area contributed by atoms with Crippen molar-refractivity contribution in [2.45, 2.75) is 17.8 Å². The molecule has 2 aromatic rings. The van der Waals surface area contributed by atoms with Crippen molar-refractivity contribution in [3.05, 3.63) is 64.7 Å². The predicted octanol–water partition coefficient (Wildman–Crippen LogP) is 6.07. The number of hydrogen-bond donors (Lipinski definition) is 1. The Balaban J connectivity index is 1.60. The molecule has 2 aromatic carbocycles. The maximum atomic E-state index is 12.6. The van der Waals surface area contributed by atoms with Gasteiger partial charge in [-0.1, -0.05) is 29.8 Å². The average Bonchev–Trinajstić information content (AvgIpc) is 2.88. The van der Waals surface area contributed by atoms with Crippen molar-refractivity contribution in [3.8, 4) is 0 Å². The molecule has 1 heterocycles. The fourth-order valence-corrected chi connectivity index (χ4v) is 4.50. The highest BCUT2D eigenvalue weighted by Gasteiger charge is 2.30. The molecule has 0 aliphatic carbocycles. The molecular formula is C19H18ClF3N2OS. The quantitative estimate of drug-likeness (QED) is 0.646. The molecule has 0 spiro atoms. The van der Waals surface area contributed by atoms with Crippen molar-refractivity contribution >= 4 is 35.1 Å². The number of nitrogens with zero attached hydrogens (tertiary/aromatic N) is 1. The van der Waals surface area contributed by atoms with Crippen LogP contribution >= 0.6 is 23.4 Å². The number of benzene rings is 2. The Morgan fingerprint density at radius 3 is 2.48 bits per heavy atom. The third-order valence-corrected chi connectivity index (χ3v) is 6.00. The van der Waals surface area contributed by atoms with Crippen LogP contribution in [0.2, 0.25) is 5.02 Å². The van der Waals surface area contributed by atoms with Gasteiger partial charge in [-0.05, 0) is 42.3 Å². The lowest BCUT2D eigenvalue weighted by atomic mass is 10.1. The third kappa shape index (κ3) is 5.11. The number of anilines is 1. The largest absolute Gasteiger partial charge is 0.416 e. The molecule has 144 valence electrons. The molecule has 2 amide bonds. The SMILES string of the molecule is O=C(Nc1ccc(C(F)(F)F)cc1)N1CCSC(c2ccccc2Cl)CC1. The Labute approximate surface area is 164 Å². The summed E-state index contributed by atoms with van der Waals surface area (Å²) in [5.74, 6) is 0.760. The van der Waals surface area contributed by atoms with Gasteiger partial charge in [-0.2, -0.15) is 24.9 Å². The molecule has 3 rings (SSSR count). The summed E-state index contributed by atoms with van der Waals surface area (Å²) in [6.07, 6.45) is -3.63. The highest BCUT2D eigenvalue weighted by molar-refractivity contribution is 7.99. The van der Waals surface area contributed by atoms with Crippen molar-refractivity contribution in [1.82, 2.24) is 4.90 Å². The van der Waals surface area contributed by atoms with Crippen molar-refractivity contribution < 1.29 is 18.0 Å². The van der Waals surface area contributed by atoms with Gasteiger partial charge in [0.25, 0.3) is 0 Å². The lowest BCUT2D eigenvalue weighted by Crippen LogP contribution is -2.36. The Morgan fingerprint density at radius 2 is 1.81 bits per heavy atom. The summed E-state index contributed by atoms with van der Waals surface area (Å²) in [5.41, 5.74) is 0.663. The van der Waals surface area contributed by atoms with Gasteiger partial charge in [-0.25, -0.2) is 4.79 Å². The predicted molar refractivity (Wildman–Crippen MR) is 103 cm³/mol. The van der Waals surface area contributed by atoms with Crippen molar-refractivity contribution in [2.24, 2.45) is 0 Å². The smallest absolute Gasteiger partial charge is 0.324 e. The van der Waals surface area contributed by atoms with Crippen LogP contribution in [0.3, 0.4) is 0 Å². The monoisotopic (exact) mass is 414 g/mol. The first-order valence-electron chi connectivity index (χ1n) is 8.44. The van der Waals surface area contributed by atoms with Crippen LogP contribution in [0.15, 0.2) is 48.5 Å². The number of halogens is 4. The topological polar surface area (TPSA) is 32.3 Å². The van der Waals surface area contributed by atoms with Crippen LogP contribution in [0, 0.1) is 0 Å². The maximum absolute atomic E-state index is 12.6. The standard InChI is InChI=1S/C19H18ClF3N2OS/c20-16-4-2-1-3-15(16)17-9-10-25(11-12-27-17)18(26)24-14-7-5-13(6-8-14)19(21,22)23/h1-8,17H,9-12H2,(H,24,26). The van der Waals surface area contributed by atoms with E-state index in [1.807, 2.05) is 24.3 Å². The van der Waals surface area contributed by atoms with E-state index in [1.54, 1.807) is 16.7 Å².